The van der Waals surface area contributed by atoms with Crippen molar-refractivity contribution in [3.63, 3.8) is 0 Å². The van der Waals surface area contributed by atoms with E-state index in [1.807, 2.05) is 0 Å². The minimum Gasteiger partial charge on any atom is -0.457 e. The smallest absolute Gasteiger partial charge is 0.305 e. The minimum atomic E-state index is -1.04. The molecule has 5 nitrogen and oxygen atoms in total. The highest BCUT2D eigenvalue weighted by Crippen LogP contribution is 2.32. The highest BCUT2D eigenvalue weighted by atomic mass is 19.1. The van der Waals surface area contributed by atoms with E-state index in [-0.39, 0.29) is 17.1 Å². The summed E-state index contributed by atoms with van der Waals surface area (Å²) in [6, 6.07) is 6.56. The fraction of sp³-hybridized carbons (Fsp3) is 0.143. The van der Waals surface area contributed by atoms with Crippen LogP contribution in [-0.4, -0.2) is 10.0 Å². The Hall–Kier alpha value is -2.54. The molecule has 0 unspecified atom stereocenters. The van der Waals surface area contributed by atoms with Gasteiger partial charge >= 0.3 is 5.69 Å². The zero-order valence-electron chi connectivity index (χ0n) is 10.9. The van der Waals surface area contributed by atoms with Gasteiger partial charge in [0.05, 0.1) is 11.0 Å². The van der Waals surface area contributed by atoms with Gasteiger partial charge in [0.25, 0.3) is 0 Å². The first kappa shape index (κ1) is 14.9. The van der Waals surface area contributed by atoms with E-state index in [4.69, 9.17) is 4.74 Å². The molecular weight excluding hydrogens is 284 g/mol. The number of hydrogen-bond donors (Lipinski definition) is 1. The first-order chi connectivity index (χ1) is 9.88. The van der Waals surface area contributed by atoms with Gasteiger partial charge in [0.1, 0.15) is 17.3 Å². The molecule has 0 heterocycles. The summed E-state index contributed by atoms with van der Waals surface area (Å²) < 4.78 is 32.0. The molecule has 1 N–H and O–H groups in total. The van der Waals surface area contributed by atoms with Crippen molar-refractivity contribution in [2.24, 2.45) is 0 Å². The summed E-state index contributed by atoms with van der Waals surface area (Å²) in [5.74, 6) is -1.45. The summed E-state index contributed by atoms with van der Waals surface area (Å²) in [7, 11) is 0. The Morgan fingerprint density at radius 1 is 1.24 bits per heavy atom. The van der Waals surface area contributed by atoms with Crippen molar-refractivity contribution >= 4 is 5.69 Å². The highest BCUT2D eigenvalue weighted by molar-refractivity contribution is 5.43. The number of rotatable bonds is 4. The lowest BCUT2D eigenvalue weighted by Crippen LogP contribution is -1.98. The average Bonchev–Trinajstić information content (AvgIpc) is 2.40. The largest absolute Gasteiger partial charge is 0.457 e. The Balaban J connectivity index is 2.34. The summed E-state index contributed by atoms with van der Waals surface area (Å²) in [6.45, 7) is 1.43. The third-order valence-electron chi connectivity index (χ3n) is 2.77. The van der Waals surface area contributed by atoms with Gasteiger partial charge in [-0.15, -0.1) is 0 Å². The topological polar surface area (TPSA) is 72.6 Å². The Kier molecular flexibility index (Phi) is 4.13. The molecule has 0 amide bonds. The van der Waals surface area contributed by atoms with Gasteiger partial charge in [0, 0.05) is 17.7 Å². The van der Waals surface area contributed by atoms with E-state index in [1.165, 1.54) is 19.1 Å². The SMILES string of the molecule is C[C@H](O)c1cc(F)ccc1Oc1ccc([N+](=O)[O-])c(F)c1. The lowest BCUT2D eigenvalue weighted by atomic mass is 10.1. The normalized spacial score (nSPS) is 12.0. The minimum absolute atomic E-state index is 0.00612. The van der Waals surface area contributed by atoms with Crippen LogP contribution < -0.4 is 4.74 Å². The van der Waals surface area contributed by atoms with Crippen molar-refractivity contribution in [3.05, 3.63) is 63.7 Å². The standard InChI is InChI=1S/C14H11F2NO4/c1-8(18)11-6-9(15)2-5-14(11)21-10-3-4-13(17(19)20)12(16)7-10/h2-8,18H,1H3/t8-/m0/s1. The molecule has 0 aliphatic rings. The maximum atomic E-state index is 13.5. The first-order valence-electron chi connectivity index (χ1n) is 5.98. The Labute approximate surface area is 118 Å². The molecule has 2 aromatic rings. The van der Waals surface area contributed by atoms with Crippen molar-refractivity contribution in [3.8, 4) is 11.5 Å². The molecule has 0 saturated carbocycles. The average molecular weight is 295 g/mol. The van der Waals surface area contributed by atoms with Crippen LogP contribution in [0.1, 0.15) is 18.6 Å². The number of aliphatic hydroxyl groups excluding tert-OH is 1. The molecule has 0 radical (unpaired) electrons. The van der Waals surface area contributed by atoms with Crippen molar-refractivity contribution in [2.45, 2.75) is 13.0 Å². The van der Waals surface area contributed by atoms with Crippen LogP contribution in [-0.2, 0) is 0 Å². The molecule has 2 rings (SSSR count). The van der Waals surface area contributed by atoms with Gasteiger partial charge in [-0.25, -0.2) is 4.39 Å². The van der Waals surface area contributed by atoms with Gasteiger partial charge in [-0.05, 0) is 31.2 Å². The molecule has 0 aromatic heterocycles. The molecule has 0 fully saturated rings. The van der Waals surface area contributed by atoms with E-state index >= 15 is 0 Å². The van der Waals surface area contributed by atoms with Gasteiger partial charge in [-0.2, -0.15) is 4.39 Å². The summed E-state index contributed by atoms with van der Waals surface area (Å²) in [4.78, 5) is 9.67. The van der Waals surface area contributed by atoms with Crippen LogP contribution in [0.3, 0.4) is 0 Å². The van der Waals surface area contributed by atoms with E-state index in [0.29, 0.717) is 0 Å². The fourth-order valence-electron chi connectivity index (χ4n) is 1.76. The van der Waals surface area contributed by atoms with Gasteiger partial charge in [-0.1, -0.05) is 0 Å². The van der Waals surface area contributed by atoms with E-state index in [9.17, 15) is 24.0 Å². The molecule has 7 heteroatoms. The van der Waals surface area contributed by atoms with Crippen molar-refractivity contribution in [1.29, 1.82) is 0 Å². The molecule has 110 valence electrons. The molecule has 0 bridgehead atoms. The van der Waals surface area contributed by atoms with Crippen molar-refractivity contribution in [2.75, 3.05) is 0 Å². The third kappa shape index (κ3) is 3.32. The second-order valence-corrected chi connectivity index (χ2v) is 4.33. The lowest BCUT2D eigenvalue weighted by molar-refractivity contribution is -0.387. The molecule has 0 saturated heterocycles. The monoisotopic (exact) mass is 295 g/mol. The summed E-state index contributed by atoms with van der Waals surface area (Å²) in [5.41, 5.74) is -0.481. The first-order valence-corrected chi connectivity index (χ1v) is 5.98. The molecule has 0 aliphatic carbocycles. The fourth-order valence-corrected chi connectivity index (χ4v) is 1.76. The van der Waals surface area contributed by atoms with Crippen LogP contribution in [0.15, 0.2) is 36.4 Å². The second kappa shape index (κ2) is 5.84. The van der Waals surface area contributed by atoms with Gasteiger partial charge in [-0.3, -0.25) is 10.1 Å². The molecular formula is C14H11F2NO4. The van der Waals surface area contributed by atoms with Gasteiger partial charge in [0.2, 0.25) is 5.82 Å². The number of nitro benzene ring substituents is 1. The number of ether oxygens (including phenoxy) is 1. The summed E-state index contributed by atoms with van der Waals surface area (Å²) >= 11 is 0. The number of hydrogen-bond acceptors (Lipinski definition) is 4. The second-order valence-electron chi connectivity index (χ2n) is 4.33. The van der Waals surface area contributed by atoms with E-state index in [1.54, 1.807) is 0 Å². The Morgan fingerprint density at radius 2 is 1.95 bits per heavy atom. The van der Waals surface area contributed by atoms with Crippen LogP contribution in [0.25, 0.3) is 0 Å². The van der Waals surface area contributed by atoms with Crippen LogP contribution >= 0.6 is 0 Å². The van der Waals surface area contributed by atoms with Crippen molar-refractivity contribution < 1.29 is 23.5 Å². The van der Waals surface area contributed by atoms with Crippen LogP contribution in [0.4, 0.5) is 14.5 Å². The van der Waals surface area contributed by atoms with E-state index < -0.39 is 28.3 Å². The molecule has 2 aromatic carbocycles. The summed E-state index contributed by atoms with van der Waals surface area (Å²) in [6.07, 6.45) is -0.987. The zero-order valence-corrected chi connectivity index (χ0v) is 10.9. The number of aliphatic hydroxyl groups is 1. The van der Waals surface area contributed by atoms with E-state index in [2.05, 4.69) is 0 Å². The Bertz CT molecular complexity index is 689. The number of nitrogens with zero attached hydrogens (tertiary/aromatic N) is 1. The van der Waals surface area contributed by atoms with Crippen molar-refractivity contribution in [1.82, 2.24) is 0 Å². The van der Waals surface area contributed by atoms with Gasteiger partial charge in [0.15, 0.2) is 0 Å². The molecule has 1 atom stereocenters. The molecule has 0 aliphatic heterocycles. The van der Waals surface area contributed by atoms with Gasteiger partial charge < -0.3 is 9.84 Å². The third-order valence-corrected chi connectivity index (χ3v) is 2.77. The quantitative estimate of drug-likeness (QED) is 0.689. The van der Waals surface area contributed by atoms with Crippen LogP contribution in [0.2, 0.25) is 0 Å². The van der Waals surface area contributed by atoms with Crippen LogP contribution in [0.5, 0.6) is 11.5 Å². The number of benzene rings is 2. The lowest BCUT2D eigenvalue weighted by Gasteiger charge is -2.13. The molecule has 21 heavy (non-hydrogen) atoms. The highest BCUT2D eigenvalue weighted by Gasteiger charge is 2.16. The van der Waals surface area contributed by atoms with E-state index in [0.717, 1.165) is 24.3 Å². The maximum absolute atomic E-state index is 13.5. The zero-order chi connectivity index (χ0) is 15.6. The number of nitro groups is 1. The maximum Gasteiger partial charge on any atom is 0.305 e. The Morgan fingerprint density at radius 3 is 2.52 bits per heavy atom. The molecule has 0 spiro atoms. The number of halogens is 2. The van der Waals surface area contributed by atoms with Crippen LogP contribution in [0, 0.1) is 21.7 Å². The predicted molar refractivity (Wildman–Crippen MR) is 70.2 cm³/mol. The predicted octanol–water partition coefficient (Wildman–Crippen LogP) is 3.72. The summed E-state index contributed by atoms with van der Waals surface area (Å²) in [5, 5.41) is 20.1.